The molecule has 11 aromatic rings. The lowest BCUT2D eigenvalue weighted by Gasteiger charge is -2.09. The van der Waals surface area contributed by atoms with Crippen LogP contribution in [-0.2, 0) is 13.1 Å². The number of aryl methyl sites for hydroxylation is 3. The van der Waals surface area contributed by atoms with Crippen LogP contribution in [0.1, 0.15) is 43.7 Å². The van der Waals surface area contributed by atoms with Gasteiger partial charge in [0, 0.05) is 34.2 Å². The van der Waals surface area contributed by atoms with Gasteiger partial charge in [0.1, 0.15) is 42.1 Å². The maximum atomic E-state index is 13.6. The highest BCUT2D eigenvalue weighted by Crippen LogP contribution is 2.32. The van der Waals surface area contributed by atoms with Gasteiger partial charge in [-0.3, -0.25) is 9.79 Å². The predicted molar refractivity (Wildman–Crippen MR) is 297 cm³/mol. The minimum absolute atomic E-state index is 0. The van der Waals surface area contributed by atoms with E-state index >= 15 is 0 Å². The number of hydrogen-bond acceptors (Lipinski definition) is 9. The fourth-order valence-electron chi connectivity index (χ4n) is 8.10. The fourth-order valence-corrected chi connectivity index (χ4v) is 8.10. The van der Waals surface area contributed by atoms with Crippen LogP contribution >= 0.6 is 0 Å². The Labute approximate surface area is 460 Å². The molecular weight excluding hydrogens is 1030 g/mol. The van der Waals surface area contributed by atoms with Crippen LogP contribution in [0, 0.1) is 44.0 Å². The average molecular weight is 1080 g/mol. The molecule has 3 heterocycles. The lowest BCUT2D eigenvalue weighted by atomic mass is 9.97. The third-order valence-corrected chi connectivity index (χ3v) is 12.4. The zero-order valence-corrected chi connectivity index (χ0v) is 44.0. The molecule has 0 aliphatic carbocycles. The van der Waals surface area contributed by atoms with Gasteiger partial charge in [-0.1, -0.05) is 91.0 Å². The number of halogens is 5. The molecule has 0 bridgehead atoms. The summed E-state index contributed by atoms with van der Waals surface area (Å²) in [6.45, 7) is 7.41. The second-order valence-corrected chi connectivity index (χ2v) is 17.7. The van der Waals surface area contributed by atoms with Crippen molar-refractivity contribution in [1.82, 2.24) is 15.0 Å². The molecule has 8 aromatic carbocycles. The van der Waals surface area contributed by atoms with Crippen LogP contribution in [0.25, 0.3) is 67.7 Å². The Hall–Kier alpha value is -9.50. The lowest BCUT2D eigenvalue weighted by Crippen LogP contribution is -3.00. The molecule has 0 saturated carbocycles. The Kier molecular flexibility index (Phi) is 19.9. The summed E-state index contributed by atoms with van der Waals surface area (Å²) >= 11 is 0. The van der Waals surface area contributed by atoms with Gasteiger partial charge in [-0.25, -0.2) is 32.5 Å². The summed E-state index contributed by atoms with van der Waals surface area (Å²) in [5, 5.41) is 0. The smallest absolute Gasteiger partial charge is 0.225 e. The van der Waals surface area contributed by atoms with E-state index in [2.05, 4.69) is 101 Å². The van der Waals surface area contributed by atoms with E-state index in [1.54, 1.807) is 37.4 Å². The average Bonchev–Trinajstić information content (AvgIpc) is 4.35. The highest BCUT2D eigenvalue weighted by Gasteiger charge is 2.12. The maximum Gasteiger partial charge on any atom is 0.225 e. The molecule has 10 nitrogen and oxygen atoms in total. The first-order valence-electron chi connectivity index (χ1n) is 24.6. The Balaban J connectivity index is 0.000000160. The van der Waals surface area contributed by atoms with Gasteiger partial charge in [-0.2, -0.15) is 0 Å². The van der Waals surface area contributed by atoms with Gasteiger partial charge in [0.2, 0.25) is 17.7 Å². The molecule has 0 saturated heterocycles. The van der Waals surface area contributed by atoms with E-state index < -0.39 is 28.8 Å². The first kappa shape index (κ1) is 57.2. The van der Waals surface area contributed by atoms with Crippen LogP contribution in [0.15, 0.2) is 219 Å². The number of aliphatic imine (C=N–C) groups is 1. The molecule has 0 radical (unpaired) electrons. The zero-order valence-electron chi connectivity index (χ0n) is 43.2. The van der Waals surface area contributed by atoms with Crippen molar-refractivity contribution in [3.63, 3.8) is 0 Å². The van der Waals surface area contributed by atoms with Crippen molar-refractivity contribution in [1.29, 1.82) is 0 Å². The number of carbonyl (C=O) groups excluding carboxylic acids is 1. The summed E-state index contributed by atoms with van der Waals surface area (Å²) in [5.41, 5.74) is 25.3. The van der Waals surface area contributed by atoms with Gasteiger partial charge in [0.25, 0.3) is 0 Å². The predicted octanol–water partition coefficient (Wildman–Crippen LogP) is 12.0. The molecule has 0 spiro atoms. The Morgan fingerprint density at radius 2 is 0.823 bits per heavy atom. The number of aromatic nitrogens is 3. The van der Waals surface area contributed by atoms with E-state index in [1.165, 1.54) is 58.3 Å². The summed E-state index contributed by atoms with van der Waals surface area (Å²) < 4.78 is 68.1. The van der Waals surface area contributed by atoms with Gasteiger partial charge < -0.3 is 37.1 Å². The van der Waals surface area contributed by atoms with Crippen molar-refractivity contribution < 1.29 is 53.7 Å². The normalized spacial score (nSPS) is 10.6. The van der Waals surface area contributed by atoms with Gasteiger partial charge >= 0.3 is 0 Å². The number of carbonyl (C=O) groups is 1. The number of rotatable bonds is 11. The lowest BCUT2D eigenvalue weighted by molar-refractivity contribution is -0.386. The van der Waals surface area contributed by atoms with Crippen molar-refractivity contribution in [2.75, 3.05) is 5.73 Å². The number of quaternary nitrogens is 1. The van der Waals surface area contributed by atoms with E-state index in [1.807, 2.05) is 72.8 Å². The van der Waals surface area contributed by atoms with Crippen molar-refractivity contribution in [2.45, 2.75) is 33.9 Å². The van der Waals surface area contributed by atoms with Crippen LogP contribution in [0.3, 0.4) is 0 Å². The highest BCUT2D eigenvalue weighted by atomic mass is 35.5. The van der Waals surface area contributed by atoms with Crippen LogP contribution in [0.2, 0.25) is 0 Å². The number of anilines is 1. The maximum absolute atomic E-state index is 13.6. The molecule has 0 aliphatic rings. The van der Waals surface area contributed by atoms with Gasteiger partial charge in [-0.05, 0) is 149 Å². The number of nitrogen functional groups attached to an aromatic ring is 1. The molecule has 79 heavy (non-hydrogen) atoms. The minimum atomic E-state index is -0.824. The summed E-state index contributed by atoms with van der Waals surface area (Å²) in [7, 11) is 0. The van der Waals surface area contributed by atoms with Crippen LogP contribution in [0.4, 0.5) is 23.2 Å². The first-order valence-corrected chi connectivity index (χ1v) is 24.6. The van der Waals surface area contributed by atoms with Gasteiger partial charge in [0.05, 0.1) is 42.8 Å². The van der Waals surface area contributed by atoms with E-state index in [0.29, 0.717) is 24.2 Å². The number of benzene rings is 8. The number of nitrogens with two attached hydrogens (primary N) is 1. The van der Waals surface area contributed by atoms with Gasteiger partial charge in [0.15, 0.2) is 6.29 Å². The topological polar surface area (TPSA) is 161 Å². The second kappa shape index (κ2) is 27.5. The molecule has 0 fully saturated rings. The Bertz CT molecular complexity index is 3700. The van der Waals surface area contributed by atoms with Crippen molar-refractivity contribution in [3.8, 4) is 67.7 Å². The summed E-state index contributed by atoms with van der Waals surface area (Å²) in [4.78, 5) is 26.7. The van der Waals surface area contributed by atoms with Crippen LogP contribution < -0.4 is 23.9 Å². The molecule has 15 heteroatoms. The van der Waals surface area contributed by atoms with E-state index in [-0.39, 0.29) is 24.3 Å². The minimum Gasteiger partial charge on any atom is -1.00 e. The monoisotopic (exact) mass is 1080 g/mol. The number of oxazole rings is 3. The largest absolute Gasteiger partial charge is 1.00 e. The molecule has 3 aromatic heterocycles. The highest BCUT2D eigenvalue weighted by molar-refractivity contribution is 5.80. The van der Waals surface area contributed by atoms with Crippen LogP contribution in [0.5, 0.6) is 0 Å². The quantitative estimate of drug-likeness (QED) is 0.0560. The van der Waals surface area contributed by atoms with E-state index in [4.69, 9.17) is 19.0 Å². The molecule has 0 aliphatic heterocycles. The number of nitrogens with zero attached hydrogens (tertiary/aromatic N) is 4. The molecule has 11 rings (SSSR count). The van der Waals surface area contributed by atoms with Crippen molar-refractivity contribution >= 4 is 18.2 Å². The standard InChI is InChI=1S/C24H18F2N2O.C17H16N2O.C16H14N2O.C7H4F2O.ClH/c1-16-5-8-19(24-28-11-12-29-24)13-20(16)18-9-6-17(7-10-18)14-27-15-21-22(25)3-2-4-23(21)26;1-12-2-5-15(17-19-8-9-20-17)10-16(12)14-6-3-13(11-18)4-7-14;1-11-2-3-13(16-18-8-9-19-16)10-15(11)12-4-6-14(17)7-5-12;8-6-2-1-3-7(9)5(6)4-10;/h2-13,15H,14H2,1H3;2-10H,11,18H2,1H3;2-10H,17H2,1H3;1-4H;1H. The molecule has 398 valence electrons. The van der Waals surface area contributed by atoms with Gasteiger partial charge in [-0.15, -0.1) is 0 Å². The SMILES string of the molecule is Cc1ccc(-c2ncco2)cc1-c1ccc(CN=Cc2c(F)cccc2F)cc1.Cc1ccc(-c2ncco2)cc1-c1ccc(C[NH3+])cc1.Cc1ccc(-c2ncco2)cc1-c1ccc(N)cc1.O=Cc1c(F)cccc1F.[Cl-]. The molecule has 0 amide bonds. The van der Waals surface area contributed by atoms with Crippen LogP contribution in [-0.4, -0.2) is 27.5 Å². The summed E-state index contributed by atoms with van der Waals surface area (Å²) in [5.74, 6) is -1.02. The Morgan fingerprint density at radius 1 is 0.481 bits per heavy atom. The van der Waals surface area contributed by atoms with E-state index in [9.17, 15) is 22.4 Å². The number of hydrogen-bond donors (Lipinski definition) is 2. The number of aldehydes is 1. The first-order chi connectivity index (χ1) is 37.9. The van der Waals surface area contributed by atoms with E-state index in [0.717, 1.165) is 74.4 Å². The summed E-state index contributed by atoms with van der Waals surface area (Å²) in [6.07, 6.45) is 11.1. The molecule has 5 N–H and O–H groups in total. The molecule has 0 atom stereocenters. The Morgan fingerprint density at radius 3 is 1.15 bits per heavy atom. The fraction of sp³-hybridized carbons (Fsp3) is 0.0781. The summed E-state index contributed by atoms with van der Waals surface area (Å²) in [6, 6.07) is 49.9. The zero-order chi connectivity index (χ0) is 55.0. The molecule has 0 unspecified atom stereocenters. The third-order valence-electron chi connectivity index (χ3n) is 12.4. The van der Waals surface area contributed by atoms with Crippen molar-refractivity contribution in [3.05, 3.63) is 263 Å². The molecular formula is C64H53ClF4N6O4. The second-order valence-electron chi connectivity index (χ2n) is 17.7. The third kappa shape index (κ3) is 14.9. The van der Waals surface area contributed by atoms with Crippen molar-refractivity contribution in [2.24, 2.45) is 4.99 Å².